The topological polar surface area (TPSA) is 90.0 Å². The van der Waals surface area contributed by atoms with Gasteiger partial charge < -0.3 is 11.1 Å². The lowest BCUT2D eigenvalue weighted by atomic mass is 9.93. The molecule has 21 heavy (non-hydrogen) atoms. The standard InChI is InChI=1S/C15H22N4O2/c1-19-11-7-3-2-6-10(11)12(18-19)13(20)17-15(14(16)21)8-4-5-9-15/h2-9H2,1H3,(H2,16,21)(H,17,20). The Balaban J connectivity index is 1.87. The second-order valence-electron chi connectivity index (χ2n) is 6.21. The minimum Gasteiger partial charge on any atom is -0.368 e. The van der Waals surface area contributed by atoms with Crippen molar-refractivity contribution in [3.63, 3.8) is 0 Å². The molecule has 3 rings (SSSR count). The van der Waals surface area contributed by atoms with Crippen molar-refractivity contribution in [1.29, 1.82) is 0 Å². The number of aromatic nitrogens is 2. The number of carbonyl (C=O) groups is 2. The van der Waals surface area contributed by atoms with E-state index in [2.05, 4.69) is 10.4 Å². The molecular formula is C15H22N4O2. The number of carbonyl (C=O) groups excluding carboxylic acids is 2. The fourth-order valence-corrected chi connectivity index (χ4v) is 3.64. The highest BCUT2D eigenvalue weighted by molar-refractivity contribution is 5.99. The molecule has 0 unspecified atom stereocenters. The third-order valence-electron chi connectivity index (χ3n) is 4.86. The van der Waals surface area contributed by atoms with Crippen molar-refractivity contribution < 1.29 is 9.59 Å². The summed E-state index contributed by atoms with van der Waals surface area (Å²) >= 11 is 0. The molecule has 114 valence electrons. The fourth-order valence-electron chi connectivity index (χ4n) is 3.64. The minimum absolute atomic E-state index is 0.255. The molecule has 0 saturated heterocycles. The molecule has 1 aromatic heterocycles. The molecule has 0 spiro atoms. The van der Waals surface area contributed by atoms with E-state index >= 15 is 0 Å². The summed E-state index contributed by atoms with van der Waals surface area (Å²) in [7, 11) is 1.88. The summed E-state index contributed by atoms with van der Waals surface area (Å²) in [6.07, 6.45) is 7.17. The molecule has 0 atom stereocenters. The van der Waals surface area contributed by atoms with Crippen LogP contribution < -0.4 is 11.1 Å². The minimum atomic E-state index is -0.879. The van der Waals surface area contributed by atoms with Crippen LogP contribution in [0.25, 0.3) is 0 Å². The summed E-state index contributed by atoms with van der Waals surface area (Å²) in [5.74, 6) is -0.687. The van der Waals surface area contributed by atoms with Crippen LogP contribution in [0, 0.1) is 0 Å². The van der Waals surface area contributed by atoms with Crippen LogP contribution >= 0.6 is 0 Å². The van der Waals surface area contributed by atoms with Gasteiger partial charge in [0.1, 0.15) is 5.54 Å². The largest absolute Gasteiger partial charge is 0.368 e. The summed E-state index contributed by atoms with van der Waals surface area (Å²) < 4.78 is 1.80. The molecule has 1 aromatic rings. The molecule has 0 radical (unpaired) electrons. The van der Waals surface area contributed by atoms with Gasteiger partial charge in [0.05, 0.1) is 0 Å². The first-order valence-electron chi connectivity index (χ1n) is 7.71. The Morgan fingerprint density at radius 2 is 1.86 bits per heavy atom. The van der Waals surface area contributed by atoms with Crippen LogP contribution in [0.4, 0.5) is 0 Å². The highest BCUT2D eigenvalue weighted by atomic mass is 16.2. The first kappa shape index (κ1) is 14.1. The lowest BCUT2D eigenvalue weighted by Gasteiger charge is -2.26. The van der Waals surface area contributed by atoms with Crippen LogP contribution in [0.1, 0.15) is 60.3 Å². The van der Waals surface area contributed by atoms with Gasteiger partial charge >= 0.3 is 0 Å². The van der Waals surface area contributed by atoms with Crippen LogP contribution in [-0.4, -0.2) is 27.1 Å². The molecular weight excluding hydrogens is 268 g/mol. The number of amides is 2. The zero-order chi connectivity index (χ0) is 15.0. The van der Waals surface area contributed by atoms with Crippen molar-refractivity contribution >= 4 is 11.8 Å². The first-order chi connectivity index (χ1) is 10.0. The summed E-state index contributed by atoms with van der Waals surface area (Å²) in [5.41, 5.74) is 7.30. The van der Waals surface area contributed by atoms with Gasteiger partial charge in [-0.3, -0.25) is 14.3 Å². The molecule has 1 heterocycles. The van der Waals surface area contributed by atoms with Gasteiger partial charge in [0.2, 0.25) is 5.91 Å². The molecule has 3 N–H and O–H groups in total. The van der Waals surface area contributed by atoms with Crippen LogP contribution in [0.2, 0.25) is 0 Å². The van der Waals surface area contributed by atoms with Gasteiger partial charge in [-0.25, -0.2) is 0 Å². The van der Waals surface area contributed by atoms with Crippen molar-refractivity contribution in [2.45, 2.75) is 56.9 Å². The predicted molar refractivity (Wildman–Crippen MR) is 77.7 cm³/mol. The van der Waals surface area contributed by atoms with Gasteiger partial charge in [0.25, 0.3) is 5.91 Å². The van der Waals surface area contributed by atoms with E-state index in [-0.39, 0.29) is 5.91 Å². The normalized spacial score (nSPS) is 20.0. The molecule has 0 bridgehead atoms. The van der Waals surface area contributed by atoms with Crippen molar-refractivity contribution in [3.05, 3.63) is 17.0 Å². The monoisotopic (exact) mass is 290 g/mol. The summed E-state index contributed by atoms with van der Waals surface area (Å²) in [5, 5.41) is 7.26. The second kappa shape index (κ2) is 5.16. The molecule has 1 saturated carbocycles. The third-order valence-corrected chi connectivity index (χ3v) is 4.86. The zero-order valence-corrected chi connectivity index (χ0v) is 12.4. The zero-order valence-electron chi connectivity index (χ0n) is 12.4. The summed E-state index contributed by atoms with van der Waals surface area (Å²) in [6.45, 7) is 0. The van der Waals surface area contributed by atoms with E-state index in [1.54, 1.807) is 4.68 Å². The van der Waals surface area contributed by atoms with E-state index in [0.717, 1.165) is 49.8 Å². The maximum Gasteiger partial charge on any atom is 0.272 e. The van der Waals surface area contributed by atoms with E-state index in [1.807, 2.05) is 7.05 Å². The van der Waals surface area contributed by atoms with E-state index in [0.29, 0.717) is 18.5 Å². The Kier molecular flexibility index (Phi) is 3.47. The maximum atomic E-state index is 12.6. The lowest BCUT2D eigenvalue weighted by Crippen LogP contribution is -2.55. The van der Waals surface area contributed by atoms with Crippen LogP contribution in [0.15, 0.2) is 0 Å². The number of hydrogen-bond donors (Lipinski definition) is 2. The van der Waals surface area contributed by atoms with Crippen LogP contribution in [0.5, 0.6) is 0 Å². The summed E-state index contributed by atoms with van der Waals surface area (Å²) in [6, 6.07) is 0. The molecule has 6 heteroatoms. The predicted octanol–water partition coefficient (Wildman–Crippen LogP) is 0.827. The van der Waals surface area contributed by atoms with Gasteiger partial charge in [-0.1, -0.05) is 12.8 Å². The highest BCUT2D eigenvalue weighted by Crippen LogP contribution is 2.30. The van der Waals surface area contributed by atoms with Gasteiger partial charge in [-0.05, 0) is 38.5 Å². The van der Waals surface area contributed by atoms with Gasteiger partial charge in [0.15, 0.2) is 5.69 Å². The average molecular weight is 290 g/mol. The van der Waals surface area contributed by atoms with Crippen molar-refractivity contribution in [2.75, 3.05) is 0 Å². The van der Waals surface area contributed by atoms with E-state index < -0.39 is 11.4 Å². The average Bonchev–Trinajstić information content (AvgIpc) is 3.06. The third kappa shape index (κ3) is 2.32. The molecule has 2 amide bonds. The molecule has 6 nitrogen and oxygen atoms in total. The second-order valence-corrected chi connectivity index (χ2v) is 6.21. The Morgan fingerprint density at radius 1 is 1.19 bits per heavy atom. The molecule has 1 fully saturated rings. The number of nitrogens with two attached hydrogens (primary N) is 1. The first-order valence-corrected chi connectivity index (χ1v) is 7.71. The molecule has 2 aliphatic rings. The van der Waals surface area contributed by atoms with Crippen molar-refractivity contribution in [3.8, 4) is 0 Å². The Labute approximate surface area is 124 Å². The molecule has 0 aromatic carbocycles. The number of nitrogens with zero attached hydrogens (tertiary/aromatic N) is 2. The quantitative estimate of drug-likeness (QED) is 0.864. The van der Waals surface area contributed by atoms with Crippen LogP contribution in [0.3, 0.4) is 0 Å². The smallest absolute Gasteiger partial charge is 0.272 e. The fraction of sp³-hybridized carbons (Fsp3) is 0.667. The molecule has 2 aliphatic carbocycles. The number of aryl methyl sites for hydroxylation is 1. The van der Waals surface area contributed by atoms with E-state index in [4.69, 9.17) is 5.73 Å². The Bertz CT molecular complexity index is 585. The SMILES string of the molecule is Cn1nc(C(=O)NC2(C(N)=O)CCCC2)c2c1CCCC2. The lowest BCUT2D eigenvalue weighted by molar-refractivity contribution is -0.123. The number of hydrogen-bond acceptors (Lipinski definition) is 3. The van der Waals surface area contributed by atoms with Crippen LogP contribution in [-0.2, 0) is 24.7 Å². The number of fused-ring (bicyclic) bond motifs is 1. The van der Waals surface area contributed by atoms with Gasteiger partial charge in [-0.2, -0.15) is 5.10 Å². The maximum absolute atomic E-state index is 12.6. The van der Waals surface area contributed by atoms with E-state index in [9.17, 15) is 9.59 Å². The summed E-state index contributed by atoms with van der Waals surface area (Å²) in [4.78, 5) is 24.4. The number of rotatable bonds is 3. The van der Waals surface area contributed by atoms with Crippen molar-refractivity contribution in [2.24, 2.45) is 12.8 Å². The van der Waals surface area contributed by atoms with Gasteiger partial charge in [0, 0.05) is 18.3 Å². The Hall–Kier alpha value is -1.85. The van der Waals surface area contributed by atoms with E-state index in [1.165, 1.54) is 0 Å². The van der Waals surface area contributed by atoms with Gasteiger partial charge in [-0.15, -0.1) is 0 Å². The highest BCUT2D eigenvalue weighted by Gasteiger charge is 2.42. The number of primary amides is 1. The molecule has 0 aliphatic heterocycles. The number of nitrogens with one attached hydrogen (secondary N) is 1. The van der Waals surface area contributed by atoms with Crippen molar-refractivity contribution in [1.82, 2.24) is 15.1 Å². The Morgan fingerprint density at radius 3 is 2.52 bits per heavy atom.